The van der Waals surface area contributed by atoms with E-state index < -0.39 is 5.51 Å². The third-order valence-corrected chi connectivity index (χ3v) is 4.48. The maximum atomic E-state index is 12.3. The average Bonchev–Trinajstić information content (AvgIpc) is 2.40. The van der Waals surface area contributed by atoms with Crippen LogP contribution in [0, 0.1) is 5.92 Å². The second-order valence-corrected chi connectivity index (χ2v) is 6.65. The molecule has 0 amide bonds. The number of halogens is 4. The third-order valence-electron chi connectivity index (χ3n) is 3.74. The van der Waals surface area contributed by atoms with Crippen molar-refractivity contribution in [1.29, 1.82) is 0 Å². The summed E-state index contributed by atoms with van der Waals surface area (Å²) in [4.78, 5) is 2.61. The molecule has 1 aromatic rings. The minimum Gasteiger partial charge on any atom is -0.330 e. The molecule has 2 nitrogen and oxygen atoms in total. The number of benzene rings is 1. The molecule has 1 aromatic carbocycles. The first-order valence-corrected chi connectivity index (χ1v) is 8.05. The van der Waals surface area contributed by atoms with Gasteiger partial charge in [0.1, 0.15) is 0 Å². The Balaban J connectivity index is 0.00000242. The van der Waals surface area contributed by atoms with E-state index in [2.05, 4.69) is 4.90 Å². The summed E-state index contributed by atoms with van der Waals surface area (Å²) in [6.07, 6.45) is 3.46. The minimum atomic E-state index is -4.22. The Kier molecular flexibility index (Phi) is 8.03. The molecule has 1 saturated heterocycles. The van der Waals surface area contributed by atoms with E-state index in [0.717, 1.165) is 38.2 Å². The summed E-state index contributed by atoms with van der Waals surface area (Å²) in [5.41, 5.74) is 2.46. The van der Waals surface area contributed by atoms with Crippen LogP contribution in [-0.2, 0) is 6.54 Å². The predicted octanol–water partition coefficient (Wildman–Crippen LogP) is 4.28. The lowest BCUT2D eigenvalue weighted by Gasteiger charge is -2.32. The monoisotopic (exact) mass is 354 g/mol. The van der Waals surface area contributed by atoms with Gasteiger partial charge < -0.3 is 5.73 Å². The molecule has 22 heavy (non-hydrogen) atoms. The van der Waals surface area contributed by atoms with Crippen LogP contribution in [0.15, 0.2) is 29.2 Å². The van der Waals surface area contributed by atoms with Crippen molar-refractivity contribution in [3.63, 3.8) is 0 Å². The second kappa shape index (κ2) is 9.01. The van der Waals surface area contributed by atoms with Crippen LogP contribution in [0.4, 0.5) is 13.2 Å². The van der Waals surface area contributed by atoms with Gasteiger partial charge in [-0.15, -0.1) is 12.4 Å². The van der Waals surface area contributed by atoms with E-state index in [1.165, 1.54) is 12.8 Å². The van der Waals surface area contributed by atoms with Crippen LogP contribution in [0.1, 0.15) is 24.8 Å². The highest BCUT2D eigenvalue weighted by molar-refractivity contribution is 8.00. The van der Waals surface area contributed by atoms with E-state index in [1.54, 1.807) is 24.3 Å². The van der Waals surface area contributed by atoms with Gasteiger partial charge in [-0.05, 0) is 67.7 Å². The molecule has 0 bridgehead atoms. The quantitative estimate of drug-likeness (QED) is 0.800. The number of thioether (sulfide) groups is 1. The van der Waals surface area contributed by atoms with Crippen molar-refractivity contribution in [2.24, 2.45) is 11.7 Å². The lowest BCUT2D eigenvalue weighted by atomic mass is 9.94. The fourth-order valence-electron chi connectivity index (χ4n) is 2.82. The van der Waals surface area contributed by atoms with Crippen molar-refractivity contribution < 1.29 is 13.2 Å². The Hall–Kier alpha value is -0.430. The maximum Gasteiger partial charge on any atom is 0.446 e. The largest absolute Gasteiger partial charge is 0.446 e. The van der Waals surface area contributed by atoms with Crippen molar-refractivity contribution in [2.45, 2.75) is 36.2 Å². The average molecular weight is 355 g/mol. The van der Waals surface area contributed by atoms with Gasteiger partial charge in [-0.25, -0.2) is 0 Å². The molecule has 1 aliphatic heterocycles. The third kappa shape index (κ3) is 6.77. The zero-order valence-electron chi connectivity index (χ0n) is 12.3. The topological polar surface area (TPSA) is 29.3 Å². The smallest absolute Gasteiger partial charge is 0.330 e. The summed E-state index contributed by atoms with van der Waals surface area (Å²) in [5.74, 6) is 0.656. The highest BCUT2D eigenvalue weighted by atomic mass is 35.5. The summed E-state index contributed by atoms with van der Waals surface area (Å²) < 4.78 is 36.8. The van der Waals surface area contributed by atoms with Gasteiger partial charge in [-0.2, -0.15) is 13.2 Å². The van der Waals surface area contributed by atoms with Gasteiger partial charge in [0, 0.05) is 18.0 Å². The fraction of sp³-hybridized carbons (Fsp3) is 0.600. The molecule has 0 spiro atoms. The summed E-state index contributed by atoms with van der Waals surface area (Å²) >= 11 is -0.0650. The molecule has 1 fully saturated rings. The van der Waals surface area contributed by atoms with Gasteiger partial charge in [-0.3, -0.25) is 4.90 Å². The Morgan fingerprint density at radius 2 is 1.91 bits per heavy atom. The molecule has 0 radical (unpaired) electrons. The van der Waals surface area contributed by atoms with E-state index in [4.69, 9.17) is 5.73 Å². The molecule has 126 valence electrons. The zero-order chi connectivity index (χ0) is 15.3. The van der Waals surface area contributed by atoms with Gasteiger partial charge >= 0.3 is 5.51 Å². The van der Waals surface area contributed by atoms with Gasteiger partial charge in [0.25, 0.3) is 0 Å². The van der Waals surface area contributed by atoms with E-state index in [-0.39, 0.29) is 29.1 Å². The number of nitrogens with zero attached hydrogens (tertiary/aromatic N) is 1. The first-order chi connectivity index (χ1) is 9.96. The van der Waals surface area contributed by atoms with Crippen molar-refractivity contribution in [3.8, 4) is 0 Å². The van der Waals surface area contributed by atoms with Gasteiger partial charge in [0.05, 0.1) is 0 Å². The zero-order valence-corrected chi connectivity index (χ0v) is 13.9. The van der Waals surface area contributed by atoms with Crippen molar-refractivity contribution in [1.82, 2.24) is 4.90 Å². The fourth-order valence-corrected chi connectivity index (χ4v) is 3.36. The second-order valence-electron chi connectivity index (χ2n) is 5.51. The van der Waals surface area contributed by atoms with Crippen LogP contribution < -0.4 is 5.73 Å². The van der Waals surface area contributed by atoms with Crippen LogP contribution >= 0.6 is 24.2 Å². The number of likely N-dealkylation sites (tertiary alicyclic amines) is 1. The molecular weight excluding hydrogens is 333 g/mol. The van der Waals surface area contributed by atoms with Crippen molar-refractivity contribution in [3.05, 3.63) is 29.8 Å². The number of hydrogen-bond donors (Lipinski definition) is 1. The Morgan fingerprint density at radius 3 is 2.50 bits per heavy atom. The summed E-state index contributed by atoms with van der Waals surface area (Å²) in [7, 11) is 0. The molecule has 0 saturated carbocycles. The van der Waals surface area contributed by atoms with Gasteiger partial charge in [-0.1, -0.05) is 12.1 Å². The molecule has 2 N–H and O–H groups in total. The molecule has 1 atom stereocenters. The number of rotatable bonds is 5. The van der Waals surface area contributed by atoms with Crippen LogP contribution in [-0.4, -0.2) is 30.0 Å². The first-order valence-electron chi connectivity index (χ1n) is 7.23. The van der Waals surface area contributed by atoms with Gasteiger partial charge in [0.15, 0.2) is 0 Å². The van der Waals surface area contributed by atoms with E-state index in [0.29, 0.717) is 5.92 Å². The number of hydrogen-bond acceptors (Lipinski definition) is 3. The Labute approximate surface area is 140 Å². The number of alkyl halides is 3. The number of piperidine rings is 1. The summed E-state index contributed by atoms with van der Waals surface area (Å²) in [6.45, 7) is 3.62. The van der Waals surface area contributed by atoms with Crippen molar-refractivity contribution in [2.75, 3.05) is 19.6 Å². The lowest BCUT2D eigenvalue weighted by molar-refractivity contribution is -0.0328. The van der Waals surface area contributed by atoms with Crippen LogP contribution in [0.25, 0.3) is 0 Å². The lowest BCUT2D eigenvalue weighted by Crippen LogP contribution is -2.35. The highest BCUT2D eigenvalue weighted by Crippen LogP contribution is 2.36. The molecule has 0 aliphatic carbocycles. The normalized spacial score (nSPS) is 19.7. The SMILES string of the molecule is Cl.NCCC1CCCN(Cc2ccc(SC(F)(F)F)cc2)C1. The standard InChI is InChI=1S/C15H21F3N2S.ClH/c16-15(17,18)21-14-5-3-13(4-6-14)11-20-9-1-2-12(10-20)7-8-19;/h3-6,12H,1-2,7-11,19H2;1H. The molecule has 1 heterocycles. The van der Waals surface area contributed by atoms with E-state index in [9.17, 15) is 13.2 Å². The molecule has 1 aliphatic rings. The molecule has 2 rings (SSSR count). The first kappa shape index (κ1) is 19.6. The van der Waals surface area contributed by atoms with Crippen molar-refractivity contribution >= 4 is 24.2 Å². The molecular formula is C15H22ClF3N2S. The number of nitrogens with two attached hydrogens (primary N) is 1. The maximum absolute atomic E-state index is 12.3. The molecule has 0 aromatic heterocycles. The molecule has 1 unspecified atom stereocenters. The molecule has 7 heteroatoms. The summed E-state index contributed by atoms with van der Waals surface area (Å²) in [5, 5.41) is 0. The van der Waals surface area contributed by atoms with Gasteiger partial charge in [0.2, 0.25) is 0 Å². The Morgan fingerprint density at radius 1 is 1.23 bits per heavy atom. The van der Waals surface area contributed by atoms with Crippen LogP contribution in [0.3, 0.4) is 0 Å². The highest BCUT2D eigenvalue weighted by Gasteiger charge is 2.29. The van der Waals surface area contributed by atoms with Crippen LogP contribution in [0.2, 0.25) is 0 Å². The van der Waals surface area contributed by atoms with E-state index in [1.807, 2.05) is 0 Å². The van der Waals surface area contributed by atoms with Crippen LogP contribution in [0.5, 0.6) is 0 Å². The summed E-state index contributed by atoms with van der Waals surface area (Å²) in [6, 6.07) is 6.69. The predicted molar refractivity (Wildman–Crippen MR) is 87.3 cm³/mol. The minimum absolute atomic E-state index is 0. The Bertz CT molecular complexity index is 437. The van der Waals surface area contributed by atoms with E-state index >= 15 is 0 Å².